The third-order valence-corrected chi connectivity index (χ3v) is 8.27. The summed E-state index contributed by atoms with van der Waals surface area (Å²) in [6.07, 6.45) is 4.07. The van der Waals surface area contributed by atoms with Crippen LogP contribution in [0.15, 0.2) is 18.7 Å². The lowest BCUT2D eigenvalue weighted by molar-refractivity contribution is 0.0948. The van der Waals surface area contributed by atoms with Gasteiger partial charge in [-0.05, 0) is 19.3 Å². The Bertz CT molecular complexity index is 1280. The van der Waals surface area contributed by atoms with E-state index in [0.717, 1.165) is 6.42 Å². The van der Waals surface area contributed by atoms with Gasteiger partial charge in [0.1, 0.15) is 24.0 Å². The first-order valence-corrected chi connectivity index (χ1v) is 12.9. The van der Waals surface area contributed by atoms with Crippen LogP contribution < -0.4 is 9.47 Å². The van der Waals surface area contributed by atoms with Crippen molar-refractivity contribution in [2.24, 2.45) is 5.92 Å². The van der Waals surface area contributed by atoms with Crippen LogP contribution in [0, 0.1) is 5.92 Å². The molecule has 1 saturated carbocycles. The molecule has 0 amide bonds. The molecule has 0 aromatic carbocycles. The largest absolute Gasteiger partial charge is 0.479 e. The third-order valence-electron chi connectivity index (χ3n) is 6.03. The molecular weight excluding hydrogens is 498 g/mol. The molecule has 12 nitrogen and oxygen atoms in total. The van der Waals surface area contributed by atoms with E-state index in [9.17, 15) is 8.42 Å². The average Bonchev–Trinajstić information content (AvgIpc) is 3.44. The molecular formula is C21H26ClN7O5S. The standard InChI is InChI=1S/C21H26ClN7O5S/c1-11-6-14(11)19-28-27-15(29(19)16-20(33-4)25-10-26-21(16)34-5)9-35(30,31)12(2)17(32-3)18-23-7-13(22)8-24-18/h7-8,10-12,14,17H,6,9H2,1-5H3/t11-,12+,14+,17+/m1/s1. The molecule has 0 radical (unpaired) electrons. The monoisotopic (exact) mass is 523 g/mol. The number of halogens is 1. The molecule has 188 valence electrons. The highest BCUT2D eigenvalue weighted by Gasteiger charge is 2.41. The molecule has 4 rings (SSSR count). The highest BCUT2D eigenvalue weighted by atomic mass is 35.5. The summed E-state index contributed by atoms with van der Waals surface area (Å²) >= 11 is 5.87. The Hall–Kier alpha value is -2.90. The number of hydrogen-bond acceptors (Lipinski definition) is 11. The van der Waals surface area contributed by atoms with Crippen molar-refractivity contribution in [3.8, 4) is 17.4 Å². The zero-order valence-electron chi connectivity index (χ0n) is 19.9. The van der Waals surface area contributed by atoms with Crippen molar-refractivity contribution in [3.63, 3.8) is 0 Å². The second-order valence-electron chi connectivity index (χ2n) is 8.30. The van der Waals surface area contributed by atoms with Gasteiger partial charge in [-0.2, -0.15) is 9.97 Å². The van der Waals surface area contributed by atoms with Crippen molar-refractivity contribution >= 4 is 21.4 Å². The molecule has 0 bridgehead atoms. The average molecular weight is 524 g/mol. The molecule has 1 aliphatic carbocycles. The fourth-order valence-corrected chi connectivity index (χ4v) is 5.42. The van der Waals surface area contributed by atoms with Gasteiger partial charge < -0.3 is 14.2 Å². The quantitative estimate of drug-likeness (QED) is 0.386. The summed E-state index contributed by atoms with van der Waals surface area (Å²) in [7, 11) is 0.484. The van der Waals surface area contributed by atoms with E-state index in [1.807, 2.05) is 0 Å². The first-order valence-electron chi connectivity index (χ1n) is 10.8. The molecule has 1 aliphatic rings. The summed E-state index contributed by atoms with van der Waals surface area (Å²) in [5, 5.41) is 7.93. The predicted molar refractivity (Wildman–Crippen MR) is 125 cm³/mol. The molecule has 0 N–H and O–H groups in total. The van der Waals surface area contributed by atoms with E-state index in [0.29, 0.717) is 22.5 Å². The van der Waals surface area contributed by atoms with Gasteiger partial charge in [-0.15, -0.1) is 10.2 Å². The van der Waals surface area contributed by atoms with Gasteiger partial charge in [0.2, 0.25) is 11.8 Å². The minimum atomic E-state index is -3.84. The molecule has 0 unspecified atom stereocenters. The van der Waals surface area contributed by atoms with E-state index in [1.165, 1.54) is 40.1 Å². The van der Waals surface area contributed by atoms with Crippen LogP contribution in [0.5, 0.6) is 11.8 Å². The van der Waals surface area contributed by atoms with Gasteiger partial charge in [0.05, 0.1) is 24.5 Å². The molecule has 35 heavy (non-hydrogen) atoms. The molecule has 1 fully saturated rings. The van der Waals surface area contributed by atoms with Crippen LogP contribution in [-0.4, -0.2) is 69.7 Å². The van der Waals surface area contributed by atoms with Gasteiger partial charge in [0, 0.05) is 25.4 Å². The second kappa shape index (κ2) is 9.99. The Labute approximate surface area is 208 Å². The Balaban J connectivity index is 1.76. The van der Waals surface area contributed by atoms with E-state index in [-0.39, 0.29) is 29.3 Å². The van der Waals surface area contributed by atoms with E-state index in [4.69, 9.17) is 25.8 Å². The maximum atomic E-state index is 13.6. The van der Waals surface area contributed by atoms with Crippen molar-refractivity contribution in [1.82, 2.24) is 34.7 Å². The molecule has 0 saturated heterocycles. The maximum Gasteiger partial charge on any atom is 0.245 e. The Kier molecular flexibility index (Phi) is 7.20. The number of nitrogens with zero attached hydrogens (tertiary/aromatic N) is 7. The molecule has 3 aromatic heterocycles. The van der Waals surface area contributed by atoms with Crippen LogP contribution in [0.1, 0.15) is 49.8 Å². The SMILES string of the molecule is COc1ncnc(OC)c1-n1c(CS(=O)(=O)[C@@H](C)[C@H](OC)c2ncc(Cl)cn2)nnc1[C@H]1C[C@H]1C. The normalized spacial score (nSPS) is 19.3. The summed E-state index contributed by atoms with van der Waals surface area (Å²) in [4.78, 5) is 16.6. The molecule has 0 aliphatic heterocycles. The van der Waals surface area contributed by atoms with Crippen LogP contribution in [0.4, 0.5) is 0 Å². The zero-order valence-corrected chi connectivity index (χ0v) is 21.5. The van der Waals surface area contributed by atoms with E-state index >= 15 is 0 Å². The van der Waals surface area contributed by atoms with E-state index in [2.05, 4.69) is 37.1 Å². The van der Waals surface area contributed by atoms with Gasteiger partial charge in [-0.1, -0.05) is 18.5 Å². The van der Waals surface area contributed by atoms with Crippen molar-refractivity contribution < 1.29 is 22.6 Å². The van der Waals surface area contributed by atoms with Crippen LogP contribution in [0.25, 0.3) is 5.69 Å². The maximum absolute atomic E-state index is 13.6. The highest BCUT2D eigenvalue weighted by molar-refractivity contribution is 7.91. The van der Waals surface area contributed by atoms with E-state index in [1.54, 1.807) is 11.5 Å². The van der Waals surface area contributed by atoms with Crippen LogP contribution in [-0.2, 0) is 20.3 Å². The summed E-state index contributed by atoms with van der Waals surface area (Å²) < 4.78 is 45.1. The lowest BCUT2D eigenvalue weighted by Gasteiger charge is -2.22. The minimum Gasteiger partial charge on any atom is -0.479 e. The van der Waals surface area contributed by atoms with Crippen LogP contribution >= 0.6 is 11.6 Å². The molecule has 4 atom stereocenters. The van der Waals surface area contributed by atoms with Gasteiger partial charge in [-0.25, -0.2) is 18.4 Å². The third kappa shape index (κ3) is 4.93. The summed E-state index contributed by atoms with van der Waals surface area (Å²) in [5.74, 6) is 1.47. The first-order chi connectivity index (χ1) is 16.7. The lowest BCUT2D eigenvalue weighted by atomic mass is 10.2. The first kappa shape index (κ1) is 25.2. The van der Waals surface area contributed by atoms with Crippen LogP contribution in [0.3, 0.4) is 0 Å². The van der Waals surface area contributed by atoms with Crippen molar-refractivity contribution in [2.45, 2.75) is 43.3 Å². The lowest BCUT2D eigenvalue weighted by Crippen LogP contribution is -2.30. The fourth-order valence-electron chi connectivity index (χ4n) is 3.90. The smallest absolute Gasteiger partial charge is 0.245 e. The highest BCUT2D eigenvalue weighted by Crippen LogP contribution is 2.48. The predicted octanol–water partition coefficient (Wildman–Crippen LogP) is 2.33. The van der Waals surface area contributed by atoms with Gasteiger partial charge >= 0.3 is 0 Å². The number of aromatic nitrogens is 7. The Morgan fingerprint density at radius 1 is 1.09 bits per heavy atom. The van der Waals surface area contributed by atoms with Crippen LogP contribution in [0.2, 0.25) is 5.02 Å². The van der Waals surface area contributed by atoms with Gasteiger partial charge in [-0.3, -0.25) is 4.57 Å². The zero-order chi connectivity index (χ0) is 25.3. The summed E-state index contributed by atoms with van der Waals surface area (Å²) in [6.45, 7) is 3.63. The molecule has 0 spiro atoms. The summed E-state index contributed by atoms with van der Waals surface area (Å²) in [6, 6.07) is 0. The number of hydrogen-bond donors (Lipinski definition) is 0. The number of ether oxygens (including phenoxy) is 3. The van der Waals surface area contributed by atoms with Gasteiger partial charge in [0.25, 0.3) is 0 Å². The van der Waals surface area contributed by atoms with Gasteiger partial charge in [0.15, 0.2) is 27.2 Å². The Morgan fingerprint density at radius 2 is 1.69 bits per heavy atom. The van der Waals surface area contributed by atoms with Crippen molar-refractivity contribution in [1.29, 1.82) is 0 Å². The van der Waals surface area contributed by atoms with Crippen molar-refractivity contribution in [3.05, 3.63) is 41.2 Å². The Morgan fingerprint density at radius 3 is 2.20 bits per heavy atom. The molecule has 3 aromatic rings. The topological polar surface area (TPSA) is 144 Å². The number of sulfone groups is 1. The minimum absolute atomic E-state index is 0.111. The second-order valence-corrected chi connectivity index (χ2v) is 11.1. The summed E-state index contributed by atoms with van der Waals surface area (Å²) in [5.41, 5.74) is 0.346. The molecule has 14 heteroatoms. The fraction of sp³-hybridized carbons (Fsp3) is 0.524. The van der Waals surface area contributed by atoms with Crippen molar-refractivity contribution in [2.75, 3.05) is 21.3 Å². The molecule has 3 heterocycles. The van der Waals surface area contributed by atoms with E-state index < -0.39 is 26.9 Å². The number of methoxy groups -OCH3 is 3. The number of rotatable bonds is 10.